The average Bonchev–Trinajstić information content (AvgIpc) is 2.82. The molecule has 7 nitrogen and oxygen atoms in total. The fourth-order valence-corrected chi connectivity index (χ4v) is 4.35. The number of carbonyl (C=O) groups excluding carboxylic acids is 1. The number of nitrogens with one attached hydrogen (secondary N) is 1. The number of aromatic amines is 1. The number of aromatic nitrogens is 3. The van der Waals surface area contributed by atoms with Crippen LogP contribution in [-0.2, 0) is 24.2 Å². The largest absolute Gasteiger partial charge is 0.493 e. The number of H-pyrrole nitrogens is 1. The highest BCUT2D eigenvalue weighted by atomic mass is 16.5. The molecule has 170 valence electrons. The highest BCUT2D eigenvalue weighted by Gasteiger charge is 2.21. The summed E-state index contributed by atoms with van der Waals surface area (Å²) in [5.41, 5.74) is 3.22. The summed E-state index contributed by atoms with van der Waals surface area (Å²) in [5.74, 6) is 1.85. The zero-order chi connectivity index (χ0) is 22.6. The molecule has 0 atom stereocenters. The molecule has 1 amide bonds. The molecule has 1 aliphatic carbocycles. The average molecular weight is 445 g/mol. The van der Waals surface area contributed by atoms with Crippen molar-refractivity contribution >= 4 is 5.91 Å². The van der Waals surface area contributed by atoms with Crippen LogP contribution in [0.25, 0.3) is 11.4 Å². The third-order valence-corrected chi connectivity index (χ3v) is 6.64. The van der Waals surface area contributed by atoms with Crippen molar-refractivity contribution in [2.45, 2.75) is 45.1 Å². The van der Waals surface area contributed by atoms with Gasteiger partial charge in [0.25, 0.3) is 5.56 Å². The molecule has 1 saturated carbocycles. The summed E-state index contributed by atoms with van der Waals surface area (Å²) in [6, 6.07) is 15.7. The Balaban J connectivity index is 1.20. The normalized spacial score (nSPS) is 15.6. The molecule has 0 radical (unpaired) electrons. The van der Waals surface area contributed by atoms with Crippen LogP contribution in [0.1, 0.15) is 42.5 Å². The summed E-state index contributed by atoms with van der Waals surface area (Å²) in [5, 5.41) is 8.34. The molecular weight excluding hydrogens is 416 g/mol. The van der Waals surface area contributed by atoms with Gasteiger partial charge in [-0.2, -0.15) is 0 Å². The summed E-state index contributed by atoms with van der Waals surface area (Å²) >= 11 is 0. The fourth-order valence-electron chi connectivity index (χ4n) is 4.35. The smallest absolute Gasteiger partial charge is 0.273 e. The van der Waals surface area contributed by atoms with E-state index in [1.54, 1.807) is 0 Å². The number of amides is 1. The second kappa shape index (κ2) is 9.57. The Labute approximate surface area is 192 Å². The molecule has 2 heterocycles. The molecule has 0 bridgehead atoms. The molecule has 0 spiro atoms. The van der Waals surface area contributed by atoms with Crippen LogP contribution < -0.4 is 10.3 Å². The molecule has 2 aliphatic rings. The maximum atomic E-state index is 12.7. The van der Waals surface area contributed by atoms with E-state index in [9.17, 15) is 9.59 Å². The summed E-state index contributed by atoms with van der Waals surface area (Å²) in [6.07, 6.45) is 5.12. The van der Waals surface area contributed by atoms with Gasteiger partial charge in [-0.05, 0) is 48.4 Å². The van der Waals surface area contributed by atoms with Gasteiger partial charge in [-0.1, -0.05) is 42.8 Å². The molecule has 33 heavy (non-hydrogen) atoms. The Hall–Kier alpha value is -3.48. The number of hydrogen-bond donors (Lipinski definition) is 1. The van der Waals surface area contributed by atoms with Crippen LogP contribution in [0.15, 0.2) is 53.3 Å². The number of fused-ring (bicyclic) bond motifs is 1. The molecule has 2 aromatic carbocycles. The molecule has 0 unspecified atom stereocenters. The van der Waals surface area contributed by atoms with Gasteiger partial charge in [-0.3, -0.25) is 9.59 Å². The molecule has 1 aromatic heterocycles. The number of hydrogen-bond acceptors (Lipinski definition) is 5. The van der Waals surface area contributed by atoms with Gasteiger partial charge in [0.15, 0.2) is 5.82 Å². The van der Waals surface area contributed by atoms with E-state index in [1.165, 1.54) is 30.4 Å². The maximum absolute atomic E-state index is 12.7. The standard InChI is InChI=1S/C26H28N4O3/c31-24(30-14-13-19-7-1-2-8-21(19)16-30)12-11-23-26(32)27-25(29-28-23)20-9-4-10-22(15-20)33-17-18-5-3-6-18/h1-2,4,7-10,15,18H,3,5-6,11-14,16-17H2,(H,27,29,32). The Morgan fingerprint density at radius 2 is 1.94 bits per heavy atom. The number of rotatable bonds is 7. The lowest BCUT2D eigenvalue weighted by Gasteiger charge is -2.28. The van der Waals surface area contributed by atoms with Crippen molar-refractivity contribution in [3.05, 3.63) is 75.7 Å². The Kier molecular flexibility index (Phi) is 6.19. The minimum absolute atomic E-state index is 0.0334. The highest BCUT2D eigenvalue weighted by Crippen LogP contribution is 2.28. The third-order valence-electron chi connectivity index (χ3n) is 6.64. The van der Waals surface area contributed by atoms with Crippen molar-refractivity contribution in [2.75, 3.05) is 13.2 Å². The van der Waals surface area contributed by atoms with E-state index >= 15 is 0 Å². The molecule has 5 rings (SSSR count). The summed E-state index contributed by atoms with van der Waals surface area (Å²) < 4.78 is 5.89. The van der Waals surface area contributed by atoms with Crippen LogP contribution in [0.2, 0.25) is 0 Å². The van der Waals surface area contributed by atoms with Crippen LogP contribution in [0.5, 0.6) is 5.75 Å². The van der Waals surface area contributed by atoms with Crippen molar-refractivity contribution in [1.29, 1.82) is 0 Å². The van der Waals surface area contributed by atoms with E-state index in [2.05, 4.69) is 27.3 Å². The first kappa shape index (κ1) is 21.4. The van der Waals surface area contributed by atoms with Crippen molar-refractivity contribution in [2.24, 2.45) is 5.92 Å². The lowest BCUT2D eigenvalue weighted by molar-refractivity contribution is -0.132. The molecular formula is C26H28N4O3. The number of carbonyl (C=O) groups is 1. The van der Waals surface area contributed by atoms with Gasteiger partial charge in [-0.15, -0.1) is 10.2 Å². The SMILES string of the molecule is O=C(CCc1nnc(-c2cccc(OCC3CCC3)c2)[nH]c1=O)N1CCc2ccccc2C1. The monoisotopic (exact) mass is 444 g/mol. The number of benzene rings is 2. The van der Waals surface area contributed by atoms with Crippen LogP contribution in [0, 0.1) is 5.92 Å². The van der Waals surface area contributed by atoms with Gasteiger partial charge in [-0.25, -0.2) is 0 Å². The zero-order valence-electron chi connectivity index (χ0n) is 18.6. The Bertz CT molecular complexity index is 1200. The lowest BCUT2D eigenvalue weighted by atomic mass is 9.86. The van der Waals surface area contributed by atoms with Crippen LogP contribution in [0.3, 0.4) is 0 Å². The third kappa shape index (κ3) is 4.97. The van der Waals surface area contributed by atoms with Crippen molar-refractivity contribution in [3.8, 4) is 17.1 Å². The second-order valence-electron chi connectivity index (χ2n) is 8.92. The fraction of sp³-hybridized carbons (Fsp3) is 0.385. The van der Waals surface area contributed by atoms with E-state index in [-0.39, 0.29) is 30.0 Å². The Morgan fingerprint density at radius 3 is 2.73 bits per heavy atom. The Morgan fingerprint density at radius 1 is 1.09 bits per heavy atom. The van der Waals surface area contributed by atoms with Gasteiger partial charge in [0.2, 0.25) is 5.91 Å². The predicted molar refractivity (Wildman–Crippen MR) is 125 cm³/mol. The first-order valence-corrected chi connectivity index (χ1v) is 11.7. The van der Waals surface area contributed by atoms with E-state index in [4.69, 9.17) is 4.74 Å². The molecule has 7 heteroatoms. The van der Waals surface area contributed by atoms with Crippen LogP contribution in [0.4, 0.5) is 0 Å². The van der Waals surface area contributed by atoms with Crippen molar-refractivity contribution in [1.82, 2.24) is 20.1 Å². The van der Waals surface area contributed by atoms with E-state index in [0.717, 1.165) is 24.3 Å². The van der Waals surface area contributed by atoms with Gasteiger partial charge < -0.3 is 14.6 Å². The number of nitrogens with zero attached hydrogens (tertiary/aromatic N) is 3. The number of aryl methyl sites for hydroxylation is 1. The first-order chi connectivity index (χ1) is 16.2. The summed E-state index contributed by atoms with van der Waals surface area (Å²) in [4.78, 5) is 30.0. The maximum Gasteiger partial charge on any atom is 0.273 e. The van der Waals surface area contributed by atoms with Crippen molar-refractivity contribution in [3.63, 3.8) is 0 Å². The van der Waals surface area contributed by atoms with Gasteiger partial charge in [0.1, 0.15) is 11.4 Å². The van der Waals surface area contributed by atoms with E-state index < -0.39 is 0 Å². The van der Waals surface area contributed by atoms with E-state index in [0.29, 0.717) is 24.8 Å². The summed E-state index contributed by atoms with van der Waals surface area (Å²) in [6.45, 7) is 2.05. The topological polar surface area (TPSA) is 88.2 Å². The lowest BCUT2D eigenvalue weighted by Crippen LogP contribution is -2.36. The van der Waals surface area contributed by atoms with Crippen LogP contribution in [-0.4, -0.2) is 39.1 Å². The predicted octanol–water partition coefficient (Wildman–Crippen LogP) is 3.53. The first-order valence-electron chi connectivity index (χ1n) is 11.7. The van der Waals surface area contributed by atoms with Gasteiger partial charge in [0, 0.05) is 31.5 Å². The molecule has 3 aromatic rings. The quantitative estimate of drug-likeness (QED) is 0.602. The zero-order valence-corrected chi connectivity index (χ0v) is 18.6. The van der Waals surface area contributed by atoms with Crippen LogP contribution >= 0.6 is 0 Å². The van der Waals surface area contributed by atoms with Crippen molar-refractivity contribution < 1.29 is 9.53 Å². The molecule has 1 fully saturated rings. The second-order valence-corrected chi connectivity index (χ2v) is 8.92. The minimum atomic E-state index is -0.308. The number of ether oxygens (including phenoxy) is 1. The van der Waals surface area contributed by atoms with E-state index in [1.807, 2.05) is 41.3 Å². The minimum Gasteiger partial charge on any atom is -0.493 e. The molecule has 1 N–H and O–H groups in total. The molecule has 0 saturated heterocycles. The van der Waals surface area contributed by atoms with Gasteiger partial charge >= 0.3 is 0 Å². The summed E-state index contributed by atoms with van der Waals surface area (Å²) in [7, 11) is 0. The highest BCUT2D eigenvalue weighted by molar-refractivity contribution is 5.76. The molecule has 1 aliphatic heterocycles. The van der Waals surface area contributed by atoms with Gasteiger partial charge in [0.05, 0.1) is 6.61 Å².